The lowest BCUT2D eigenvalue weighted by Crippen LogP contribution is -2.44. The summed E-state index contributed by atoms with van der Waals surface area (Å²) >= 11 is 1.65. The second-order valence-corrected chi connectivity index (χ2v) is 5.54. The van der Waals surface area contributed by atoms with E-state index in [4.69, 9.17) is 0 Å². The van der Waals surface area contributed by atoms with Gasteiger partial charge in [0.2, 0.25) is 0 Å². The molecule has 0 aliphatic heterocycles. The minimum absolute atomic E-state index is 0.0980. The Labute approximate surface area is 106 Å². The van der Waals surface area contributed by atoms with E-state index in [1.807, 2.05) is 6.20 Å². The summed E-state index contributed by atoms with van der Waals surface area (Å²) in [6.45, 7) is 0. The number of nitrogens with one attached hydrogen (secondary N) is 1. The van der Waals surface area contributed by atoms with Crippen LogP contribution in [0.15, 0.2) is 36.5 Å². The first kappa shape index (κ1) is 10.9. The highest BCUT2D eigenvalue weighted by molar-refractivity contribution is 7.05. The maximum Gasteiger partial charge on any atom is 0.0484 e. The second-order valence-electron chi connectivity index (χ2n) is 4.65. The molecular formula is C14H16N2S. The fourth-order valence-corrected chi connectivity index (χ4v) is 3.60. The van der Waals surface area contributed by atoms with E-state index in [0.717, 1.165) is 19.3 Å². The first-order valence-electron chi connectivity index (χ1n) is 6.01. The molecule has 1 aliphatic carbocycles. The second kappa shape index (κ2) is 4.24. The fourth-order valence-electron chi connectivity index (χ4n) is 2.71. The Balaban J connectivity index is 2.01. The third-order valence-corrected chi connectivity index (χ3v) is 4.66. The predicted molar refractivity (Wildman–Crippen MR) is 71.3 cm³/mol. The SMILES string of the molecule is CNC1(c2ccccc2)CCc2cnsc2C1. The first-order chi connectivity index (χ1) is 8.34. The van der Waals surface area contributed by atoms with Gasteiger partial charge in [0, 0.05) is 23.0 Å². The Morgan fingerprint density at radius 3 is 2.88 bits per heavy atom. The number of aromatic nitrogens is 1. The van der Waals surface area contributed by atoms with Crippen LogP contribution in [0.3, 0.4) is 0 Å². The largest absolute Gasteiger partial charge is 0.310 e. The lowest BCUT2D eigenvalue weighted by molar-refractivity contribution is 0.318. The molecule has 0 spiro atoms. The molecule has 2 aromatic rings. The molecule has 3 heteroatoms. The van der Waals surface area contributed by atoms with E-state index in [1.165, 1.54) is 16.0 Å². The summed E-state index contributed by atoms with van der Waals surface area (Å²) in [5.74, 6) is 0. The van der Waals surface area contributed by atoms with Crippen LogP contribution in [0.4, 0.5) is 0 Å². The average Bonchev–Trinajstić information content (AvgIpc) is 2.86. The van der Waals surface area contributed by atoms with Crippen LogP contribution in [0, 0.1) is 0 Å². The molecule has 3 rings (SSSR count). The maximum atomic E-state index is 4.31. The number of likely N-dealkylation sites (N-methyl/N-ethyl adjacent to an activating group) is 1. The van der Waals surface area contributed by atoms with Gasteiger partial charge in [-0.25, -0.2) is 4.37 Å². The molecule has 0 saturated heterocycles. The quantitative estimate of drug-likeness (QED) is 0.878. The molecule has 1 unspecified atom stereocenters. The summed E-state index contributed by atoms with van der Waals surface area (Å²) in [6, 6.07) is 10.8. The molecule has 0 bridgehead atoms. The zero-order valence-corrected chi connectivity index (χ0v) is 10.8. The van der Waals surface area contributed by atoms with E-state index in [0.29, 0.717) is 0 Å². The van der Waals surface area contributed by atoms with Crippen molar-refractivity contribution in [1.82, 2.24) is 9.69 Å². The van der Waals surface area contributed by atoms with Gasteiger partial charge in [-0.15, -0.1) is 0 Å². The number of aryl methyl sites for hydroxylation is 1. The van der Waals surface area contributed by atoms with Crippen LogP contribution in [0.2, 0.25) is 0 Å². The number of hydrogen-bond donors (Lipinski definition) is 1. The zero-order chi connectivity index (χ0) is 11.7. The average molecular weight is 244 g/mol. The van der Waals surface area contributed by atoms with Gasteiger partial charge in [0.05, 0.1) is 0 Å². The Bertz CT molecular complexity index is 506. The van der Waals surface area contributed by atoms with Gasteiger partial charge in [0.1, 0.15) is 0 Å². The van der Waals surface area contributed by atoms with Gasteiger partial charge in [0.25, 0.3) is 0 Å². The number of nitrogens with zero attached hydrogens (tertiary/aromatic N) is 1. The molecular weight excluding hydrogens is 228 g/mol. The van der Waals surface area contributed by atoms with Crippen LogP contribution >= 0.6 is 11.5 Å². The molecule has 0 saturated carbocycles. The van der Waals surface area contributed by atoms with Crippen molar-refractivity contribution in [2.45, 2.75) is 24.8 Å². The Kier molecular flexibility index (Phi) is 2.73. The van der Waals surface area contributed by atoms with Crippen molar-refractivity contribution in [2.24, 2.45) is 0 Å². The van der Waals surface area contributed by atoms with Gasteiger partial charge in [-0.1, -0.05) is 30.3 Å². The highest BCUT2D eigenvalue weighted by Gasteiger charge is 2.35. The Morgan fingerprint density at radius 2 is 2.12 bits per heavy atom. The molecule has 1 aromatic carbocycles. The van der Waals surface area contributed by atoms with Crippen molar-refractivity contribution in [2.75, 3.05) is 7.05 Å². The molecule has 1 aromatic heterocycles. The van der Waals surface area contributed by atoms with Crippen molar-refractivity contribution in [3.05, 3.63) is 52.5 Å². The van der Waals surface area contributed by atoms with E-state index in [-0.39, 0.29) is 5.54 Å². The van der Waals surface area contributed by atoms with E-state index in [1.54, 1.807) is 11.5 Å². The highest BCUT2D eigenvalue weighted by Crippen LogP contribution is 2.37. The van der Waals surface area contributed by atoms with Crippen LogP contribution in [0.5, 0.6) is 0 Å². The minimum Gasteiger partial charge on any atom is -0.310 e. The normalized spacial score (nSPS) is 23.4. The summed E-state index contributed by atoms with van der Waals surface area (Å²) in [6.07, 6.45) is 5.37. The summed E-state index contributed by atoms with van der Waals surface area (Å²) in [7, 11) is 2.07. The molecule has 1 aliphatic rings. The van der Waals surface area contributed by atoms with Crippen LogP contribution in [-0.4, -0.2) is 11.4 Å². The van der Waals surface area contributed by atoms with Gasteiger partial charge in [0.15, 0.2) is 0 Å². The van der Waals surface area contributed by atoms with Crippen molar-refractivity contribution in [3.8, 4) is 0 Å². The lowest BCUT2D eigenvalue weighted by Gasteiger charge is -2.37. The van der Waals surface area contributed by atoms with Crippen molar-refractivity contribution in [3.63, 3.8) is 0 Å². The highest BCUT2D eigenvalue weighted by atomic mass is 32.1. The smallest absolute Gasteiger partial charge is 0.0484 e. The Morgan fingerprint density at radius 1 is 1.29 bits per heavy atom. The van der Waals surface area contributed by atoms with E-state index in [9.17, 15) is 0 Å². The van der Waals surface area contributed by atoms with Crippen LogP contribution in [-0.2, 0) is 18.4 Å². The van der Waals surface area contributed by atoms with E-state index < -0.39 is 0 Å². The van der Waals surface area contributed by atoms with Gasteiger partial charge in [-0.2, -0.15) is 0 Å². The van der Waals surface area contributed by atoms with Gasteiger partial charge < -0.3 is 5.32 Å². The molecule has 1 atom stereocenters. The van der Waals surface area contributed by atoms with Crippen LogP contribution in [0.1, 0.15) is 22.4 Å². The zero-order valence-electron chi connectivity index (χ0n) is 9.94. The molecule has 88 valence electrons. The van der Waals surface area contributed by atoms with Crippen LogP contribution < -0.4 is 5.32 Å². The number of fused-ring (bicyclic) bond motifs is 1. The van der Waals surface area contributed by atoms with E-state index >= 15 is 0 Å². The maximum absolute atomic E-state index is 4.31. The van der Waals surface area contributed by atoms with Gasteiger partial charge in [-0.3, -0.25) is 0 Å². The summed E-state index contributed by atoms with van der Waals surface area (Å²) in [5.41, 5.74) is 2.93. The minimum atomic E-state index is 0.0980. The fraction of sp³-hybridized carbons (Fsp3) is 0.357. The molecule has 0 radical (unpaired) electrons. The molecule has 1 N–H and O–H groups in total. The Hall–Kier alpha value is -1.19. The topological polar surface area (TPSA) is 24.9 Å². The summed E-state index contributed by atoms with van der Waals surface area (Å²) in [4.78, 5) is 1.44. The van der Waals surface area contributed by atoms with Gasteiger partial charge in [-0.05, 0) is 42.5 Å². The number of hydrogen-bond acceptors (Lipinski definition) is 3. The molecule has 2 nitrogen and oxygen atoms in total. The molecule has 17 heavy (non-hydrogen) atoms. The molecule has 1 heterocycles. The third-order valence-electron chi connectivity index (χ3n) is 3.82. The van der Waals surface area contributed by atoms with Crippen LogP contribution in [0.25, 0.3) is 0 Å². The standard InChI is InChI=1S/C14H16N2S/c1-15-14(12-5-3-2-4-6-12)8-7-11-10-16-17-13(11)9-14/h2-6,10,15H,7-9H2,1H3. The monoisotopic (exact) mass is 244 g/mol. The number of benzene rings is 1. The van der Waals surface area contributed by atoms with E-state index in [2.05, 4.69) is 47.1 Å². The predicted octanol–water partition coefficient (Wildman–Crippen LogP) is 2.75. The van der Waals surface area contributed by atoms with Gasteiger partial charge >= 0.3 is 0 Å². The summed E-state index contributed by atoms with van der Waals surface area (Å²) in [5, 5.41) is 3.54. The van der Waals surface area contributed by atoms with Crippen molar-refractivity contribution >= 4 is 11.5 Å². The van der Waals surface area contributed by atoms with Crippen molar-refractivity contribution < 1.29 is 0 Å². The summed E-state index contributed by atoms with van der Waals surface area (Å²) < 4.78 is 4.31. The molecule has 0 fully saturated rings. The lowest BCUT2D eigenvalue weighted by atomic mass is 9.77. The first-order valence-corrected chi connectivity index (χ1v) is 6.78. The third kappa shape index (κ3) is 1.79. The molecule has 0 amide bonds. The van der Waals surface area contributed by atoms with Crippen molar-refractivity contribution in [1.29, 1.82) is 0 Å². The number of rotatable bonds is 2.